The Kier molecular flexibility index (Phi) is 6.73. The van der Waals surface area contributed by atoms with Crippen molar-refractivity contribution in [3.05, 3.63) is 79.9 Å². The molecule has 1 atom stereocenters. The highest BCUT2D eigenvalue weighted by molar-refractivity contribution is 5.80. The molecule has 0 bridgehead atoms. The highest BCUT2D eigenvalue weighted by Crippen LogP contribution is 2.27. The second kappa shape index (κ2) is 9.45. The van der Waals surface area contributed by atoms with E-state index in [1.54, 1.807) is 42.3 Å². The number of nitro groups is 2. The Morgan fingerprint density at radius 2 is 1.77 bits per heavy atom. The van der Waals surface area contributed by atoms with Gasteiger partial charge in [0, 0.05) is 37.4 Å². The number of likely N-dealkylation sites (tertiary alicyclic amines) is 1. The first-order valence-corrected chi connectivity index (χ1v) is 9.81. The van der Waals surface area contributed by atoms with Crippen LogP contribution in [-0.4, -0.2) is 52.2 Å². The number of carbonyl (C=O) groups excluding carboxylic acids is 1. The van der Waals surface area contributed by atoms with E-state index < -0.39 is 15.9 Å². The molecule has 1 fully saturated rings. The first kappa shape index (κ1) is 21.4. The van der Waals surface area contributed by atoms with Crippen LogP contribution in [0.25, 0.3) is 0 Å². The largest absolute Gasteiger partial charge is 0.337 e. The molecule has 0 spiro atoms. The molecule has 3 rings (SSSR count). The summed E-state index contributed by atoms with van der Waals surface area (Å²) in [5.74, 6) is -0.278. The molecule has 0 radical (unpaired) electrons. The van der Waals surface area contributed by atoms with Crippen LogP contribution in [0, 0.1) is 20.2 Å². The van der Waals surface area contributed by atoms with Gasteiger partial charge in [0.25, 0.3) is 11.4 Å². The topological polar surface area (TPSA) is 110 Å². The minimum atomic E-state index is -0.495. The van der Waals surface area contributed by atoms with Gasteiger partial charge in [-0.15, -0.1) is 0 Å². The van der Waals surface area contributed by atoms with E-state index in [4.69, 9.17) is 0 Å². The molecule has 1 saturated heterocycles. The van der Waals surface area contributed by atoms with Gasteiger partial charge >= 0.3 is 0 Å². The average molecular weight is 412 g/mol. The van der Waals surface area contributed by atoms with Crippen LogP contribution in [0.5, 0.6) is 0 Å². The van der Waals surface area contributed by atoms with Gasteiger partial charge in [0.1, 0.15) is 0 Å². The molecule has 1 aliphatic rings. The third-order valence-corrected chi connectivity index (χ3v) is 5.49. The van der Waals surface area contributed by atoms with E-state index in [9.17, 15) is 25.0 Å². The summed E-state index contributed by atoms with van der Waals surface area (Å²) in [4.78, 5) is 38.4. The van der Waals surface area contributed by atoms with E-state index in [0.717, 1.165) is 25.9 Å². The van der Waals surface area contributed by atoms with Crippen molar-refractivity contribution in [2.75, 3.05) is 26.7 Å². The van der Waals surface area contributed by atoms with Gasteiger partial charge in [-0.05, 0) is 31.5 Å². The lowest BCUT2D eigenvalue weighted by Crippen LogP contribution is -2.39. The van der Waals surface area contributed by atoms with E-state index in [1.165, 1.54) is 18.2 Å². The van der Waals surface area contributed by atoms with Crippen molar-refractivity contribution in [1.82, 2.24) is 9.80 Å². The van der Waals surface area contributed by atoms with E-state index in [-0.39, 0.29) is 23.7 Å². The number of non-ortho nitro benzene ring substituents is 1. The first-order chi connectivity index (χ1) is 14.4. The normalized spacial score (nSPS) is 15.0. The lowest BCUT2D eigenvalue weighted by atomic mass is 10.0. The summed E-state index contributed by atoms with van der Waals surface area (Å²) in [7, 11) is 1.65. The minimum absolute atomic E-state index is 0.0292. The molecule has 1 heterocycles. The second-order valence-corrected chi connectivity index (χ2v) is 7.44. The third-order valence-electron chi connectivity index (χ3n) is 5.49. The van der Waals surface area contributed by atoms with Gasteiger partial charge in [0.2, 0.25) is 5.91 Å². The molecule has 2 aromatic carbocycles. The summed E-state index contributed by atoms with van der Waals surface area (Å²) in [5, 5.41) is 22.5. The Morgan fingerprint density at radius 3 is 2.43 bits per heavy atom. The molecule has 1 unspecified atom stereocenters. The number of rotatable bonds is 8. The third kappa shape index (κ3) is 4.98. The molecule has 0 N–H and O–H groups in total. The Labute approximate surface area is 174 Å². The maximum Gasteiger partial charge on any atom is 0.273 e. The van der Waals surface area contributed by atoms with Crippen molar-refractivity contribution in [2.24, 2.45) is 0 Å². The standard InChI is InChI=1S/C21H24N4O5/c1-22(21(26)14-17-7-2-3-10-19(17)25(29)30)20(15-23-11-4-5-12-23)16-8-6-9-18(13-16)24(27)28/h2-3,6-10,13,20H,4-5,11-12,14-15H2,1H3. The molecule has 0 aliphatic carbocycles. The number of amides is 1. The number of nitro benzene ring substituents is 2. The average Bonchev–Trinajstić information content (AvgIpc) is 3.25. The van der Waals surface area contributed by atoms with E-state index in [0.29, 0.717) is 17.7 Å². The zero-order valence-electron chi connectivity index (χ0n) is 16.8. The van der Waals surface area contributed by atoms with Gasteiger partial charge in [0.15, 0.2) is 0 Å². The molecular weight excluding hydrogens is 388 g/mol. The Bertz CT molecular complexity index is 942. The van der Waals surface area contributed by atoms with Crippen molar-refractivity contribution in [3.8, 4) is 0 Å². The number of hydrogen-bond donors (Lipinski definition) is 0. The van der Waals surface area contributed by atoms with Gasteiger partial charge in [0.05, 0.1) is 22.3 Å². The minimum Gasteiger partial charge on any atom is -0.337 e. The van der Waals surface area contributed by atoms with Crippen LogP contribution in [0.15, 0.2) is 48.5 Å². The van der Waals surface area contributed by atoms with Crippen LogP contribution >= 0.6 is 0 Å². The van der Waals surface area contributed by atoms with Crippen LogP contribution in [0.1, 0.15) is 30.0 Å². The van der Waals surface area contributed by atoms with E-state index in [2.05, 4.69) is 4.90 Å². The summed E-state index contributed by atoms with van der Waals surface area (Å²) in [6.45, 7) is 2.38. The molecule has 1 aliphatic heterocycles. The SMILES string of the molecule is CN(C(=O)Cc1ccccc1[N+](=O)[O-])C(CN1CCCC1)c1cccc([N+](=O)[O-])c1. The predicted octanol–water partition coefficient (Wildman–Crippen LogP) is 3.34. The second-order valence-electron chi connectivity index (χ2n) is 7.44. The van der Waals surface area contributed by atoms with Crippen LogP contribution in [0.3, 0.4) is 0 Å². The van der Waals surface area contributed by atoms with Crippen LogP contribution in [0.2, 0.25) is 0 Å². The molecule has 9 heteroatoms. The lowest BCUT2D eigenvalue weighted by molar-refractivity contribution is -0.385. The van der Waals surface area contributed by atoms with Gasteiger partial charge in [-0.3, -0.25) is 25.0 Å². The van der Waals surface area contributed by atoms with Gasteiger partial charge in [-0.25, -0.2) is 0 Å². The summed E-state index contributed by atoms with van der Waals surface area (Å²) in [6.07, 6.45) is 2.05. The van der Waals surface area contributed by atoms with E-state index in [1.807, 2.05) is 0 Å². The van der Waals surface area contributed by atoms with Crippen molar-refractivity contribution < 1.29 is 14.6 Å². The van der Waals surface area contributed by atoms with Gasteiger partial charge in [-0.1, -0.05) is 30.3 Å². The zero-order valence-corrected chi connectivity index (χ0v) is 16.8. The van der Waals surface area contributed by atoms with Crippen molar-refractivity contribution in [1.29, 1.82) is 0 Å². The quantitative estimate of drug-likeness (QED) is 0.486. The summed E-state index contributed by atoms with van der Waals surface area (Å²) >= 11 is 0. The summed E-state index contributed by atoms with van der Waals surface area (Å²) in [5.41, 5.74) is 0.900. The fraction of sp³-hybridized carbons (Fsp3) is 0.381. The fourth-order valence-corrected chi connectivity index (χ4v) is 3.81. The highest BCUT2D eigenvalue weighted by atomic mass is 16.6. The van der Waals surface area contributed by atoms with E-state index >= 15 is 0 Å². The van der Waals surface area contributed by atoms with Crippen molar-refractivity contribution >= 4 is 17.3 Å². The summed E-state index contributed by atoms with van der Waals surface area (Å²) < 4.78 is 0. The molecule has 0 aromatic heterocycles. The molecular formula is C21H24N4O5. The number of likely N-dealkylation sites (N-methyl/N-ethyl adjacent to an activating group) is 1. The number of para-hydroxylation sites is 1. The Hall–Kier alpha value is -3.33. The number of nitrogens with zero attached hydrogens (tertiary/aromatic N) is 4. The monoisotopic (exact) mass is 412 g/mol. The maximum atomic E-state index is 13.0. The van der Waals surface area contributed by atoms with Crippen LogP contribution in [-0.2, 0) is 11.2 Å². The fourth-order valence-electron chi connectivity index (χ4n) is 3.81. The molecule has 0 saturated carbocycles. The van der Waals surface area contributed by atoms with Crippen molar-refractivity contribution in [3.63, 3.8) is 0 Å². The number of hydrogen-bond acceptors (Lipinski definition) is 6. The zero-order chi connectivity index (χ0) is 21.7. The van der Waals surface area contributed by atoms with Crippen molar-refractivity contribution in [2.45, 2.75) is 25.3 Å². The molecule has 9 nitrogen and oxygen atoms in total. The number of carbonyl (C=O) groups is 1. The molecule has 158 valence electrons. The van der Waals surface area contributed by atoms with Gasteiger partial charge in [-0.2, -0.15) is 0 Å². The highest BCUT2D eigenvalue weighted by Gasteiger charge is 2.28. The molecule has 1 amide bonds. The number of benzene rings is 2. The Morgan fingerprint density at radius 1 is 1.07 bits per heavy atom. The lowest BCUT2D eigenvalue weighted by Gasteiger charge is -2.32. The summed E-state index contributed by atoms with van der Waals surface area (Å²) in [6, 6.07) is 12.1. The molecule has 30 heavy (non-hydrogen) atoms. The Balaban J connectivity index is 1.87. The smallest absolute Gasteiger partial charge is 0.273 e. The molecule has 2 aromatic rings. The first-order valence-electron chi connectivity index (χ1n) is 9.81. The maximum absolute atomic E-state index is 13.0. The van der Waals surface area contributed by atoms with Gasteiger partial charge < -0.3 is 9.80 Å². The predicted molar refractivity (Wildman–Crippen MR) is 111 cm³/mol. The van der Waals surface area contributed by atoms with Crippen LogP contribution in [0.4, 0.5) is 11.4 Å². The van der Waals surface area contributed by atoms with Crippen LogP contribution < -0.4 is 0 Å².